The standard InChI is InChI=1S/C34H32FN7O5S/c35-23-6-8-28(43)26(17-23)30(31(45)38-33-36-10-16-48-33)42-20-21-5-7-24(18-25(21)32(42)46)40-14-12-39(13-15-40)19-22-3-1-2-4-27(22)41-11-9-29(44)37-34(41)47/h1-8,10,16-18,30,43H,9,11-15,19-20H2,(H,36,38,45)(H,37,44,47). The van der Waals surface area contributed by atoms with Crippen molar-refractivity contribution in [3.05, 3.63) is 100 Å². The maximum Gasteiger partial charge on any atom is 0.328 e. The van der Waals surface area contributed by atoms with E-state index >= 15 is 0 Å². The summed E-state index contributed by atoms with van der Waals surface area (Å²) in [5, 5.41) is 17.7. The van der Waals surface area contributed by atoms with E-state index in [2.05, 4.69) is 25.4 Å². The number of phenols is 1. The quantitative estimate of drug-likeness (QED) is 0.255. The summed E-state index contributed by atoms with van der Waals surface area (Å²) in [7, 11) is 0. The van der Waals surface area contributed by atoms with Crippen LogP contribution in [-0.4, -0.2) is 76.4 Å². The summed E-state index contributed by atoms with van der Waals surface area (Å²) in [6, 6.07) is 15.0. The van der Waals surface area contributed by atoms with Gasteiger partial charge in [0, 0.05) is 86.3 Å². The number of piperazine rings is 1. The van der Waals surface area contributed by atoms with Crippen LogP contribution in [0.15, 0.2) is 72.2 Å². The molecule has 2 fully saturated rings. The lowest BCUT2D eigenvalue weighted by Gasteiger charge is -2.37. The van der Waals surface area contributed by atoms with E-state index < -0.39 is 29.7 Å². The average Bonchev–Trinajstić information content (AvgIpc) is 3.71. The summed E-state index contributed by atoms with van der Waals surface area (Å²) in [6.07, 6.45) is 1.79. The molecule has 1 aromatic heterocycles. The molecule has 2 saturated heterocycles. The third kappa shape index (κ3) is 6.19. The van der Waals surface area contributed by atoms with Crippen LogP contribution in [0, 0.1) is 5.82 Å². The first-order chi connectivity index (χ1) is 23.2. The van der Waals surface area contributed by atoms with Gasteiger partial charge in [-0.25, -0.2) is 14.2 Å². The lowest BCUT2D eigenvalue weighted by molar-refractivity contribution is -0.121. The molecule has 3 aromatic carbocycles. The van der Waals surface area contributed by atoms with Crippen LogP contribution >= 0.6 is 11.3 Å². The topological polar surface area (TPSA) is 138 Å². The van der Waals surface area contributed by atoms with Crippen molar-refractivity contribution in [1.29, 1.82) is 0 Å². The smallest absolute Gasteiger partial charge is 0.328 e. The number of aromatic nitrogens is 1. The Labute approximate surface area is 279 Å². The second-order valence-corrected chi connectivity index (χ2v) is 12.7. The number of thiazole rings is 1. The molecule has 48 heavy (non-hydrogen) atoms. The van der Waals surface area contributed by atoms with E-state index in [0.717, 1.165) is 47.7 Å². The fourth-order valence-electron chi connectivity index (χ4n) is 6.48. The molecule has 4 aromatic rings. The molecule has 0 spiro atoms. The summed E-state index contributed by atoms with van der Waals surface area (Å²) >= 11 is 1.21. The summed E-state index contributed by atoms with van der Waals surface area (Å²) in [4.78, 5) is 63.2. The Balaban J connectivity index is 1.05. The number of carbonyl (C=O) groups excluding carboxylic acids is 4. The molecule has 1 atom stereocenters. The largest absolute Gasteiger partial charge is 0.508 e. The van der Waals surface area contributed by atoms with Crippen LogP contribution in [0.2, 0.25) is 0 Å². The van der Waals surface area contributed by atoms with Gasteiger partial charge in [-0.3, -0.25) is 34.8 Å². The van der Waals surface area contributed by atoms with Crippen molar-refractivity contribution in [2.24, 2.45) is 0 Å². The van der Waals surface area contributed by atoms with Crippen molar-refractivity contribution in [2.45, 2.75) is 25.6 Å². The van der Waals surface area contributed by atoms with Crippen LogP contribution in [-0.2, 0) is 22.7 Å². The number of para-hydroxylation sites is 1. The van der Waals surface area contributed by atoms with Gasteiger partial charge in [-0.15, -0.1) is 11.3 Å². The fraction of sp³-hybridized carbons (Fsp3) is 0.265. The first kappa shape index (κ1) is 31.3. The van der Waals surface area contributed by atoms with Crippen molar-refractivity contribution in [1.82, 2.24) is 20.1 Å². The number of amides is 5. The van der Waals surface area contributed by atoms with E-state index in [4.69, 9.17) is 0 Å². The molecule has 12 nitrogen and oxygen atoms in total. The summed E-state index contributed by atoms with van der Waals surface area (Å²) in [6.45, 7) is 3.97. The van der Waals surface area contributed by atoms with Gasteiger partial charge >= 0.3 is 6.03 Å². The molecule has 3 aliphatic heterocycles. The van der Waals surface area contributed by atoms with E-state index in [-0.39, 0.29) is 30.2 Å². The highest BCUT2D eigenvalue weighted by atomic mass is 32.1. The molecule has 3 N–H and O–H groups in total. The predicted molar refractivity (Wildman–Crippen MR) is 177 cm³/mol. The number of phenolic OH excluding ortho intramolecular Hbond substituents is 1. The third-order valence-corrected chi connectivity index (χ3v) is 9.59. The number of aromatic hydroxyl groups is 1. The number of anilines is 3. The van der Waals surface area contributed by atoms with E-state index in [1.165, 1.54) is 28.5 Å². The van der Waals surface area contributed by atoms with Gasteiger partial charge in [-0.2, -0.15) is 0 Å². The first-order valence-electron chi connectivity index (χ1n) is 15.5. The van der Waals surface area contributed by atoms with Gasteiger partial charge in [0.15, 0.2) is 5.13 Å². The molecule has 246 valence electrons. The van der Waals surface area contributed by atoms with Crippen LogP contribution in [0.3, 0.4) is 0 Å². The highest BCUT2D eigenvalue weighted by Crippen LogP contribution is 2.38. The maximum absolute atomic E-state index is 14.3. The number of hydrogen-bond donors (Lipinski definition) is 3. The zero-order chi connectivity index (χ0) is 33.4. The van der Waals surface area contributed by atoms with Crippen LogP contribution in [0.25, 0.3) is 0 Å². The molecule has 3 aliphatic rings. The summed E-state index contributed by atoms with van der Waals surface area (Å²) in [5.41, 5.74) is 3.82. The zero-order valence-corrected chi connectivity index (χ0v) is 26.6. The number of benzene rings is 3. The molecule has 0 radical (unpaired) electrons. The molecule has 0 bridgehead atoms. The van der Waals surface area contributed by atoms with Crippen LogP contribution in [0.5, 0.6) is 5.75 Å². The second kappa shape index (κ2) is 13.0. The van der Waals surface area contributed by atoms with Gasteiger partial charge in [0.2, 0.25) is 5.91 Å². The normalized spacial score (nSPS) is 17.4. The predicted octanol–water partition coefficient (Wildman–Crippen LogP) is 4.09. The Morgan fingerprint density at radius 2 is 1.83 bits per heavy atom. The van der Waals surface area contributed by atoms with E-state index in [0.29, 0.717) is 36.9 Å². The molecular weight excluding hydrogens is 637 g/mol. The number of hydrogen-bond acceptors (Lipinski definition) is 9. The Hall–Kier alpha value is -5.34. The van der Waals surface area contributed by atoms with Crippen LogP contribution < -0.4 is 20.4 Å². The van der Waals surface area contributed by atoms with Crippen LogP contribution in [0.4, 0.5) is 25.7 Å². The van der Waals surface area contributed by atoms with E-state index in [9.17, 15) is 28.7 Å². The molecule has 5 amide bonds. The van der Waals surface area contributed by atoms with Gasteiger partial charge in [-0.1, -0.05) is 24.3 Å². The zero-order valence-electron chi connectivity index (χ0n) is 25.8. The number of nitrogens with zero attached hydrogens (tertiary/aromatic N) is 5. The van der Waals surface area contributed by atoms with Crippen molar-refractivity contribution < 1.29 is 28.7 Å². The van der Waals surface area contributed by atoms with Crippen molar-refractivity contribution >= 4 is 51.6 Å². The Morgan fingerprint density at radius 1 is 1.02 bits per heavy atom. The molecular formula is C34H32FN7O5S. The second-order valence-electron chi connectivity index (χ2n) is 11.9. The average molecular weight is 670 g/mol. The minimum absolute atomic E-state index is 0.0162. The monoisotopic (exact) mass is 669 g/mol. The van der Waals surface area contributed by atoms with E-state index in [1.807, 2.05) is 42.5 Å². The van der Waals surface area contributed by atoms with Gasteiger partial charge < -0.3 is 14.9 Å². The number of nitrogens with one attached hydrogen (secondary N) is 2. The number of fused-ring (bicyclic) bond motifs is 1. The minimum Gasteiger partial charge on any atom is -0.508 e. The van der Waals surface area contributed by atoms with Crippen molar-refractivity contribution in [3.63, 3.8) is 0 Å². The molecule has 14 heteroatoms. The first-order valence-corrected chi connectivity index (χ1v) is 16.4. The minimum atomic E-state index is -1.30. The van der Waals surface area contributed by atoms with E-state index in [1.54, 1.807) is 10.3 Å². The molecule has 1 unspecified atom stereocenters. The van der Waals surface area contributed by atoms with Gasteiger partial charge in [-0.05, 0) is 47.5 Å². The number of urea groups is 1. The lowest BCUT2D eigenvalue weighted by Crippen LogP contribution is -2.50. The van der Waals surface area contributed by atoms with Crippen molar-refractivity contribution in [2.75, 3.05) is 47.8 Å². The SMILES string of the molecule is O=C1CCN(c2ccccc2CN2CCN(c3ccc4c(c3)C(=O)N(C(C(=O)Nc3nccs3)c3cc(F)ccc3O)C4)CC2)C(=O)N1. The molecule has 0 saturated carbocycles. The van der Waals surface area contributed by atoms with Crippen LogP contribution in [0.1, 0.15) is 39.5 Å². The number of rotatable bonds is 8. The van der Waals surface area contributed by atoms with Gasteiger partial charge in [0.25, 0.3) is 11.8 Å². The lowest BCUT2D eigenvalue weighted by atomic mass is 10.0. The molecule has 4 heterocycles. The molecule has 0 aliphatic carbocycles. The number of imide groups is 1. The Kier molecular flexibility index (Phi) is 8.50. The van der Waals surface area contributed by atoms with Crippen molar-refractivity contribution in [3.8, 4) is 5.75 Å². The fourth-order valence-corrected chi connectivity index (χ4v) is 7.01. The Bertz CT molecular complexity index is 1900. The Morgan fingerprint density at radius 3 is 2.60 bits per heavy atom. The van der Waals surface area contributed by atoms with Gasteiger partial charge in [0.1, 0.15) is 17.6 Å². The third-order valence-electron chi connectivity index (χ3n) is 8.90. The highest BCUT2D eigenvalue weighted by molar-refractivity contribution is 7.13. The highest BCUT2D eigenvalue weighted by Gasteiger charge is 2.39. The van der Waals surface area contributed by atoms with Gasteiger partial charge in [0.05, 0.1) is 0 Å². The summed E-state index contributed by atoms with van der Waals surface area (Å²) < 4.78 is 14.3. The number of carbonyl (C=O) groups is 4. The summed E-state index contributed by atoms with van der Waals surface area (Å²) in [5.74, 6) is -2.21. The number of halogens is 1. The maximum atomic E-state index is 14.3. The molecule has 7 rings (SSSR count).